The molecule has 0 aromatic carbocycles. The molecule has 1 fully saturated rings. The molecule has 0 radical (unpaired) electrons. The maximum absolute atomic E-state index is 9.80. The fraction of sp³-hybridized carbons (Fsp3) is 0.583. The number of pyridine rings is 1. The van der Waals surface area contributed by atoms with E-state index in [1.54, 1.807) is 12.4 Å². The number of nitrogens with one attached hydrogen (secondary N) is 1. The van der Waals surface area contributed by atoms with Gasteiger partial charge in [-0.3, -0.25) is 4.98 Å². The molecule has 0 amide bonds. The molecule has 1 aliphatic carbocycles. The van der Waals surface area contributed by atoms with Gasteiger partial charge >= 0.3 is 0 Å². The van der Waals surface area contributed by atoms with Crippen molar-refractivity contribution in [2.45, 2.75) is 31.2 Å². The van der Waals surface area contributed by atoms with Gasteiger partial charge < -0.3 is 20.6 Å². The molecule has 5 nitrogen and oxygen atoms in total. The van der Waals surface area contributed by atoms with Crippen molar-refractivity contribution in [2.75, 3.05) is 6.61 Å². The molecule has 0 saturated heterocycles. The van der Waals surface area contributed by atoms with Crippen molar-refractivity contribution in [3.05, 3.63) is 30.1 Å². The van der Waals surface area contributed by atoms with E-state index in [4.69, 9.17) is 5.11 Å². The van der Waals surface area contributed by atoms with Gasteiger partial charge in [-0.1, -0.05) is 6.07 Å². The topological polar surface area (TPSA) is 85.6 Å². The third-order valence-corrected chi connectivity index (χ3v) is 3.33. The van der Waals surface area contributed by atoms with Crippen LogP contribution in [0.4, 0.5) is 0 Å². The summed E-state index contributed by atoms with van der Waals surface area (Å²) in [5.74, 6) is -0.239. The fourth-order valence-electron chi connectivity index (χ4n) is 2.26. The second-order valence-corrected chi connectivity index (χ2v) is 4.51. The van der Waals surface area contributed by atoms with Crippen LogP contribution in [0.15, 0.2) is 24.5 Å². The molecule has 1 aromatic rings. The van der Waals surface area contributed by atoms with Crippen LogP contribution in [-0.4, -0.2) is 45.2 Å². The Morgan fingerprint density at radius 1 is 1.26 bits per heavy atom. The molecule has 4 N–H and O–H groups in total. The van der Waals surface area contributed by atoms with Crippen molar-refractivity contribution in [3.63, 3.8) is 0 Å². The van der Waals surface area contributed by atoms with Crippen molar-refractivity contribution < 1.29 is 15.3 Å². The Labute approximate surface area is 124 Å². The lowest BCUT2D eigenvalue weighted by Gasteiger charge is -2.17. The SMILES string of the molecule is Cl.Cl.OC[C@H]1C[C@@H](NCc2cccnc2)[C@H](O)[C@@H]1O. The molecule has 1 aromatic heterocycles. The Morgan fingerprint density at radius 3 is 2.53 bits per heavy atom. The second-order valence-electron chi connectivity index (χ2n) is 4.51. The van der Waals surface area contributed by atoms with Crippen LogP contribution in [0.2, 0.25) is 0 Å². The first-order valence-electron chi connectivity index (χ1n) is 5.81. The van der Waals surface area contributed by atoms with Gasteiger partial charge in [0.05, 0.1) is 12.2 Å². The Kier molecular flexibility index (Phi) is 8.49. The monoisotopic (exact) mass is 310 g/mol. The number of hydrogen-bond donors (Lipinski definition) is 4. The van der Waals surface area contributed by atoms with Crippen LogP contribution in [0.5, 0.6) is 0 Å². The largest absolute Gasteiger partial charge is 0.396 e. The fourth-order valence-corrected chi connectivity index (χ4v) is 2.26. The highest BCUT2D eigenvalue weighted by molar-refractivity contribution is 5.85. The van der Waals surface area contributed by atoms with Gasteiger partial charge in [0, 0.05) is 37.5 Å². The Bertz CT molecular complexity index is 356. The molecule has 1 aliphatic rings. The zero-order chi connectivity index (χ0) is 12.3. The predicted molar refractivity (Wildman–Crippen MR) is 76.6 cm³/mol. The molecule has 1 heterocycles. The number of hydrogen-bond acceptors (Lipinski definition) is 5. The van der Waals surface area contributed by atoms with E-state index in [1.807, 2.05) is 12.1 Å². The van der Waals surface area contributed by atoms with Crippen molar-refractivity contribution in [1.29, 1.82) is 0 Å². The first-order chi connectivity index (χ1) is 8.22. The third-order valence-electron chi connectivity index (χ3n) is 3.33. The summed E-state index contributed by atoms with van der Waals surface area (Å²) in [5, 5.41) is 31.7. The van der Waals surface area contributed by atoms with E-state index in [0.717, 1.165) is 5.56 Å². The van der Waals surface area contributed by atoms with E-state index in [-0.39, 0.29) is 43.4 Å². The van der Waals surface area contributed by atoms with Gasteiger partial charge in [0.15, 0.2) is 0 Å². The lowest BCUT2D eigenvalue weighted by Crippen LogP contribution is -2.39. The summed E-state index contributed by atoms with van der Waals surface area (Å²) in [6.07, 6.45) is 2.39. The van der Waals surface area contributed by atoms with Crippen molar-refractivity contribution in [3.8, 4) is 0 Å². The van der Waals surface area contributed by atoms with Crippen LogP contribution in [0, 0.1) is 5.92 Å². The summed E-state index contributed by atoms with van der Waals surface area (Å²) in [6.45, 7) is 0.504. The highest BCUT2D eigenvalue weighted by Gasteiger charge is 2.40. The van der Waals surface area contributed by atoms with Gasteiger partial charge in [-0.05, 0) is 18.1 Å². The van der Waals surface area contributed by atoms with Crippen LogP contribution in [0.1, 0.15) is 12.0 Å². The second kappa shape index (κ2) is 8.68. The van der Waals surface area contributed by atoms with Gasteiger partial charge in [-0.15, -0.1) is 24.8 Å². The van der Waals surface area contributed by atoms with Gasteiger partial charge in [0.25, 0.3) is 0 Å². The average molecular weight is 311 g/mol. The normalized spacial score (nSPS) is 29.4. The van der Waals surface area contributed by atoms with Crippen LogP contribution in [0.25, 0.3) is 0 Å². The molecule has 1 saturated carbocycles. The Balaban J connectivity index is 0.00000162. The van der Waals surface area contributed by atoms with Crippen molar-refractivity contribution in [2.24, 2.45) is 5.92 Å². The van der Waals surface area contributed by atoms with Crippen LogP contribution in [0.3, 0.4) is 0 Å². The number of rotatable bonds is 4. The standard InChI is InChI=1S/C12H18N2O3.2ClH/c15-7-9-4-10(12(17)11(9)16)14-6-8-2-1-3-13-5-8;;/h1-3,5,9-12,14-17H,4,6-7H2;2*1H/t9-,10-,11-,12+;;/m1../s1. The van der Waals surface area contributed by atoms with Gasteiger partial charge in [0.2, 0.25) is 0 Å². The van der Waals surface area contributed by atoms with E-state index >= 15 is 0 Å². The molecular weight excluding hydrogens is 291 g/mol. The summed E-state index contributed by atoms with van der Waals surface area (Å²) in [7, 11) is 0. The van der Waals surface area contributed by atoms with Crippen LogP contribution >= 0.6 is 24.8 Å². The zero-order valence-electron chi connectivity index (χ0n) is 10.3. The minimum atomic E-state index is -0.841. The Morgan fingerprint density at radius 2 is 2.00 bits per heavy atom. The number of nitrogens with zero attached hydrogens (tertiary/aromatic N) is 1. The average Bonchev–Trinajstić information content (AvgIpc) is 2.65. The van der Waals surface area contributed by atoms with E-state index < -0.39 is 12.2 Å². The lowest BCUT2D eigenvalue weighted by atomic mass is 10.1. The van der Waals surface area contributed by atoms with Gasteiger partial charge in [-0.25, -0.2) is 0 Å². The molecule has 0 spiro atoms. The maximum atomic E-state index is 9.80. The Hall–Kier alpha value is -0.430. The number of aliphatic hydroxyl groups excluding tert-OH is 3. The quantitative estimate of drug-likeness (QED) is 0.634. The number of aliphatic hydroxyl groups is 3. The van der Waals surface area contributed by atoms with E-state index in [2.05, 4.69) is 10.3 Å². The summed E-state index contributed by atoms with van der Waals surface area (Å²) in [6, 6.07) is 3.62. The van der Waals surface area contributed by atoms with E-state index in [0.29, 0.717) is 13.0 Å². The minimum absolute atomic E-state index is 0. The molecule has 7 heteroatoms. The van der Waals surface area contributed by atoms with Crippen molar-refractivity contribution >= 4 is 24.8 Å². The molecule has 0 unspecified atom stereocenters. The zero-order valence-corrected chi connectivity index (χ0v) is 12.0. The van der Waals surface area contributed by atoms with Crippen molar-refractivity contribution in [1.82, 2.24) is 10.3 Å². The molecule has 2 rings (SSSR count). The highest BCUT2D eigenvalue weighted by Crippen LogP contribution is 2.26. The molecule has 19 heavy (non-hydrogen) atoms. The molecule has 0 aliphatic heterocycles. The van der Waals surface area contributed by atoms with E-state index in [9.17, 15) is 10.2 Å². The smallest absolute Gasteiger partial charge is 0.0955 e. The number of aromatic nitrogens is 1. The summed E-state index contributed by atoms with van der Waals surface area (Å²) >= 11 is 0. The third kappa shape index (κ3) is 4.56. The first-order valence-corrected chi connectivity index (χ1v) is 5.81. The predicted octanol–water partition coefficient (Wildman–Crippen LogP) is 0.117. The van der Waals surface area contributed by atoms with Gasteiger partial charge in [0.1, 0.15) is 0 Å². The summed E-state index contributed by atoms with van der Waals surface area (Å²) in [5.41, 5.74) is 1.03. The highest BCUT2D eigenvalue weighted by atomic mass is 35.5. The molecular formula is C12H20Cl2N2O3. The van der Waals surface area contributed by atoms with Crippen LogP contribution in [-0.2, 0) is 6.54 Å². The first kappa shape index (κ1) is 18.6. The minimum Gasteiger partial charge on any atom is -0.396 e. The maximum Gasteiger partial charge on any atom is 0.0955 e. The molecule has 0 bridgehead atoms. The summed E-state index contributed by atoms with van der Waals surface area (Å²) in [4.78, 5) is 4.00. The number of halogens is 2. The van der Waals surface area contributed by atoms with Gasteiger partial charge in [-0.2, -0.15) is 0 Å². The summed E-state index contributed by atoms with van der Waals surface area (Å²) < 4.78 is 0. The molecule has 4 atom stereocenters. The molecule has 110 valence electrons. The van der Waals surface area contributed by atoms with E-state index in [1.165, 1.54) is 0 Å². The lowest BCUT2D eigenvalue weighted by molar-refractivity contribution is -0.000339. The van der Waals surface area contributed by atoms with Crippen LogP contribution < -0.4 is 5.32 Å².